The minimum atomic E-state index is 0.375. The van der Waals surface area contributed by atoms with Crippen LogP contribution >= 0.6 is 7.92 Å². The molecule has 4 heteroatoms. The first-order valence-corrected chi connectivity index (χ1v) is 5.14. The Labute approximate surface area is 56.7 Å². The van der Waals surface area contributed by atoms with E-state index in [2.05, 4.69) is 22.4 Å². The fraction of sp³-hybridized carbons (Fsp3) is 1.00. The standard InChI is InChI=1S/C5H12N3P/c1-7-2-6-8-4-9(3-7)5-8/h6H,2-5H2,1H3. The molecular weight excluding hydrogens is 133 g/mol. The van der Waals surface area contributed by atoms with Crippen LogP contribution in [0.4, 0.5) is 0 Å². The Morgan fingerprint density at radius 1 is 1.33 bits per heavy atom. The van der Waals surface area contributed by atoms with Gasteiger partial charge in [-0.05, 0) is 7.05 Å². The molecule has 3 aliphatic rings. The van der Waals surface area contributed by atoms with E-state index in [0.717, 1.165) is 6.67 Å². The Balaban J connectivity index is 1.96. The summed E-state index contributed by atoms with van der Waals surface area (Å²) in [4.78, 5) is 2.36. The van der Waals surface area contributed by atoms with Crippen LogP contribution < -0.4 is 5.43 Å². The molecule has 0 unspecified atom stereocenters. The van der Waals surface area contributed by atoms with Gasteiger partial charge in [-0.2, -0.15) is 0 Å². The molecule has 0 amide bonds. The Bertz CT molecular complexity index is 113. The van der Waals surface area contributed by atoms with Gasteiger partial charge >= 0.3 is 0 Å². The summed E-state index contributed by atoms with van der Waals surface area (Å²) in [5.41, 5.74) is 3.34. The highest BCUT2D eigenvalue weighted by Crippen LogP contribution is 2.46. The molecule has 3 saturated heterocycles. The lowest BCUT2D eigenvalue weighted by atomic mass is 10.9. The molecule has 3 nitrogen and oxygen atoms in total. The minimum absolute atomic E-state index is 0.375. The quantitative estimate of drug-likeness (QED) is 0.486. The molecule has 0 aliphatic carbocycles. The van der Waals surface area contributed by atoms with Gasteiger partial charge < -0.3 is 0 Å². The minimum Gasteiger partial charge on any atom is -0.288 e. The fourth-order valence-corrected chi connectivity index (χ4v) is 3.29. The number of hydrogen-bond acceptors (Lipinski definition) is 3. The number of nitrogens with one attached hydrogen (secondary N) is 1. The molecule has 52 valence electrons. The zero-order valence-corrected chi connectivity index (χ0v) is 6.56. The lowest BCUT2D eigenvalue weighted by Gasteiger charge is -2.35. The molecule has 3 aliphatic heterocycles. The van der Waals surface area contributed by atoms with Crippen LogP contribution in [0.15, 0.2) is 0 Å². The van der Waals surface area contributed by atoms with E-state index in [1.807, 2.05) is 0 Å². The first kappa shape index (κ1) is 6.05. The number of hydrazine groups is 1. The molecule has 3 rings (SSSR count). The maximum atomic E-state index is 3.34. The van der Waals surface area contributed by atoms with E-state index in [1.165, 1.54) is 18.9 Å². The number of fused-ring (bicyclic) bond motifs is 3. The second kappa shape index (κ2) is 2.17. The van der Waals surface area contributed by atoms with E-state index >= 15 is 0 Å². The summed E-state index contributed by atoms with van der Waals surface area (Å²) in [6.45, 7) is 1.04. The van der Waals surface area contributed by atoms with Crippen molar-refractivity contribution in [2.75, 3.05) is 32.6 Å². The molecule has 0 aromatic carbocycles. The summed E-state index contributed by atoms with van der Waals surface area (Å²) < 4.78 is 0. The zero-order chi connectivity index (χ0) is 6.27. The molecule has 0 saturated carbocycles. The molecular formula is C5H12N3P. The van der Waals surface area contributed by atoms with Gasteiger partial charge in [-0.15, -0.1) is 0 Å². The van der Waals surface area contributed by atoms with Gasteiger partial charge in [0.2, 0.25) is 0 Å². The third-order valence-electron chi connectivity index (χ3n) is 1.75. The average molecular weight is 145 g/mol. The van der Waals surface area contributed by atoms with Gasteiger partial charge in [0.25, 0.3) is 0 Å². The summed E-state index contributed by atoms with van der Waals surface area (Å²) in [5.74, 6) is 0. The van der Waals surface area contributed by atoms with E-state index < -0.39 is 0 Å². The zero-order valence-electron chi connectivity index (χ0n) is 5.67. The van der Waals surface area contributed by atoms with Gasteiger partial charge in [-0.3, -0.25) is 4.90 Å². The molecule has 0 aromatic rings. The third-order valence-corrected chi connectivity index (χ3v) is 4.11. The smallest absolute Gasteiger partial charge is 0.0618 e. The van der Waals surface area contributed by atoms with Crippen molar-refractivity contribution in [1.29, 1.82) is 0 Å². The average Bonchev–Trinajstić information content (AvgIpc) is 1.93. The topological polar surface area (TPSA) is 18.5 Å². The highest BCUT2D eigenvalue weighted by atomic mass is 31.1. The van der Waals surface area contributed by atoms with Gasteiger partial charge in [0.1, 0.15) is 0 Å². The highest BCUT2D eigenvalue weighted by Gasteiger charge is 2.29. The largest absolute Gasteiger partial charge is 0.288 e. The maximum absolute atomic E-state index is 3.34. The van der Waals surface area contributed by atoms with Crippen molar-refractivity contribution < 1.29 is 0 Å². The van der Waals surface area contributed by atoms with Crippen molar-refractivity contribution in [2.24, 2.45) is 0 Å². The first-order valence-electron chi connectivity index (χ1n) is 3.24. The van der Waals surface area contributed by atoms with Crippen molar-refractivity contribution in [2.45, 2.75) is 0 Å². The fourth-order valence-electron chi connectivity index (χ4n) is 1.24. The molecule has 3 fully saturated rings. The van der Waals surface area contributed by atoms with Crippen molar-refractivity contribution in [3.8, 4) is 0 Å². The summed E-state index contributed by atoms with van der Waals surface area (Å²) >= 11 is 0. The molecule has 9 heavy (non-hydrogen) atoms. The van der Waals surface area contributed by atoms with Crippen LogP contribution in [0.25, 0.3) is 0 Å². The number of rotatable bonds is 0. The van der Waals surface area contributed by atoms with Gasteiger partial charge in [0, 0.05) is 18.9 Å². The van der Waals surface area contributed by atoms with Crippen LogP contribution in [-0.4, -0.2) is 42.5 Å². The summed E-state index contributed by atoms with van der Waals surface area (Å²) in [5, 5.41) is 2.31. The maximum Gasteiger partial charge on any atom is 0.0618 e. The van der Waals surface area contributed by atoms with E-state index in [4.69, 9.17) is 0 Å². The van der Waals surface area contributed by atoms with Gasteiger partial charge in [-0.1, -0.05) is 7.92 Å². The van der Waals surface area contributed by atoms with Crippen LogP contribution in [0.2, 0.25) is 0 Å². The molecule has 0 aromatic heterocycles. The van der Waals surface area contributed by atoms with Crippen molar-refractivity contribution in [1.82, 2.24) is 15.3 Å². The molecule has 2 bridgehead atoms. The molecule has 0 atom stereocenters. The van der Waals surface area contributed by atoms with Crippen molar-refractivity contribution in [3.05, 3.63) is 0 Å². The van der Waals surface area contributed by atoms with E-state index in [9.17, 15) is 0 Å². The van der Waals surface area contributed by atoms with E-state index in [-0.39, 0.29) is 0 Å². The van der Waals surface area contributed by atoms with Crippen LogP contribution in [0.1, 0.15) is 0 Å². The summed E-state index contributed by atoms with van der Waals surface area (Å²) in [6, 6.07) is 0. The van der Waals surface area contributed by atoms with Crippen molar-refractivity contribution in [3.63, 3.8) is 0 Å². The molecule has 0 radical (unpaired) electrons. The lowest BCUT2D eigenvalue weighted by Crippen LogP contribution is -2.44. The predicted octanol–water partition coefficient (Wildman–Crippen LogP) is 0.0639. The summed E-state index contributed by atoms with van der Waals surface area (Å²) in [7, 11) is 2.55. The van der Waals surface area contributed by atoms with Crippen LogP contribution in [0.5, 0.6) is 0 Å². The Kier molecular flexibility index (Phi) is 1.46. The lowest BCUT2D eigenvalue weighted by molar-refractivity contribution is 0.202. The SMILES string of the molecule is CN1CNN2CP(C1)C2. The second-order valence-electron chi connectivity index (χ2n) is 2.81. The molecule has 0 spiro atoms. The van der Waals surface area contributed by atoms with Gasteiger partial charge in [0.15, 0.2) is 0 Å². The Morgan fingerprint density at radius 3 is 2.89 bits per heavy atom. The van der Waals surface area contributed by atoms with Crippen molar-refractivity contribution >= 4 is 7.92 Å². The highest BCUT2D eigenvalue weighted by molar-refractivity contribution is 7.58. The molecule has 1 N–H and O–H groups in total. The first-order chi connectivity index (χ1) is 4.34. The van der Waals surface area contributed by atoms with Crippen LogP contribution in [0, 0.1) is 0 Å². The van der Waals surface area contributed by atoms with Gasteiger partial charge in [0.05, 0.1) is 6.67 Å². The normalized spacial score (nSPS) is 43.7. The van der Waals surface area contributed by atoms with Gasteiger partial charge in [-0.25, -0.2) is 10.4 Å². The third kappa shape index (κ3) is 1.10. The number of hydrogen-bond donors (Lipinski definition) is 1. The monoisotopic (exact) mass is 145 g/mol. The van der Waals surface area contributed by atoms with E-state index in [0.29, 0.717) is 7.92 Å². The second-order valence-corrected chi connectivity index (χ2v) is 5.00. The molecule has 3 heterocycles. The Morgan fingerprint density at radius 2 is 2.11 bits per heavy atom. The van der Waals surface area contributed by atoms with Crippen LogP contribution in [0.3, 0.4) is 0 Å². The Hall–Kier alpha value is 0.310. The number of nitrogens with zero attached hydrogens (tertiary/aromatic N) is 2. The summed E-state index contributed by atoms with van der Waals surface area (Å²) in [6.07, 6.45) is 3.97. The van der Waals surface area contributed by atoms with Crippen LogP contribution in [-0.2, 0) is 0 Å². The van der Waals surface area contributed by atoms with E-state index in [1.54, 1.807) is 0 Å². The predicted molar refractivity (Wildman–Crippen MR) is 39.1 cm³/mol.